The lowest BCUT2D eigenvalue weighted by Gasteiger charge is -2.11. The van der Waals surface area contributed by atoms with Crippen LogP contribution in [0.5, 0.6) is 0 Å². The lowest BCUT2D eigenvalue weighted by Crippen LogP contribution is -2.06. The van der Waals surface area contributed by atoms with Crippen molar-refractivity contribution in [2.45, 2.75) is 6.54 Å². The Kier molecular flexibility index (Phi) is 4.20. The first-order valence-electron chi connectivity index (χ1n) is 6.06. The van der Waals surface area contributed by atoms with Gasteiger partial charge in [-0.15, -0.1) is 0 Å². The van der Waals surface area contributed by atoms with Gasteiger partial charge < -0.3 is 15.8 Å². The molecule has 4 nitrogen and oxygen atoms in total. The van der Waals surface area contributed by atoms with Crippen LogP contribution in [0.3, 0.4) is 0 Å². The van der Waals surface area contributed by atoms with Crippen LogP contribution >= 0.6 is 0 Å². The van der Waals surface area contributed by atoms with Gasteiger partial charge in [0.25, 0.3) is 0 Å². The number of rotatable bonds is 4. The topological polar surface area (TPSA) is 64.3 Å². The van der Waals surface area contributed by atoms with Gasteiger partial charge >= 0.3 is 5.97 Å². The van der Waals surface area contributed by atoms with Gasteiger partial charge in [-0.3, -0.25) is 0 Å². The molecule has 0 amide bonds. The maximum Gasteiger partial charge on any atom is 0.337 e. The molecule has 3 N–H and O–H groups in total. The molecule has 2 aromatic carbocycles. The van der Waals surface area contributed by atoms with Crippen molar-refractivity contribution < 1.29 is 13.9 Å². The zero-order chi connectivity index (χ0) is 14.5. The Bertz CT molecular complexity index is 612. The molecule has 0 radical (unpaired) electrons. The zero-order valence-corrected chi connectivity index (χ0v) is 11.0. The van der Waals surface area contributed by atoms with Crippen LogP contribution < -0.4 is 11.1 Å². The Hall–Kier alpha value is -2.56. The van der Waals surface area contributed by atoms with Crippen LogP contribution in [0.25, 0.3) is 0 Å². The summed E-state index contributed by atoms with van der Waals surface area (Å²) in [4.78, 5) is 11.5. The molecule has 0 bridgehead atoms. The van der Waals surface area contributed by atoms with Crippen molar-refractivity contribution in [3.63, 3.8) is 0 Å². The van der Waals surface area contributed by atoms with Crippen LogP contribution in [0.15, 0.2) is 42.5 Å². The summed E-state index contributed by atoms with van der Waals surface area (Å²) >= 11 is 0. The smallest absolute Gasteiger partial charge is 0.337 e. The molecule has 0 unspecified atom stereocenters. The fourth-order valence-corrected chi connectivity index (χ4v) is 1.75. The highest BCUT2D eigenvalue weighted by atomic mass is 19.1. The monoisotopic (exact) mass is 274 g/mol. The Labute approximate surface area is 116 Å². The van der Waals surface area contributed by atoms with E-state index < -0.39 is 5.97 Å². The number of halogens is 1. The summed E-state index contributed by atoms with van der Waals surface area (Å²) in [5, 5.41) is 3.11. The van der Waals surface area contributed by atoms with Crippen molar-refractivity contribution in [3.05, 3.63) is 59.4 Å². The molecule has 0 heterocycles. The van der Waals surface area contributed by atoms with Crippen LogP contribution in [0, 0.1) is 5.82 Å². The lowest BCUT2D eigenvalue weighted by molar-refractivity contribution is 0.0601. The van der Waals surface area contributed by atoms with Crippen LogP contribution in [-0.2, 0) is 11.3 Å². The quantitative estimate of drug-likeness (QED) is 0.664. The Morgan fingerprint density at radius 3 is 2.60 bits per heavy atom. The fraction of sp³-hybridized carbons (Fsp3) is 0.133. The second kappa shape index (κ2) is 6.06. The van der Waals surface area contributed by atoms with Crippen molar-refractivity contribution >= 4 is 17.3 Å². The van der Waals surface area contributed by atoms with Gasteiger partial charge in [-0.2, -0.15) is 0 Å². The van der Waals surface area contributed by atoms with E-state index in [1.165, 1.54) is 19.2 Å². The minimum Gasteiger partial charge on any atom is -0.465 e. The molecular weight excluding hydrogens is 259 g/mol. The minimum absolute atomic E-state index is 0.277. The summed E-state index contributed by atoms with van der Waals surface area (Å²) in [6.07, 6.45) is 0. The van der Waals surface area contributed by atoms with Crippen LogP contribution in [0.1, 0.15) is 15.9 Å². The third-order valence-electron chi connectivity index (χ3n) is 2.87. The van der Waals surface area contributed by atoms with Gasteiger partial charge in [0.15, 0.2) is 0 Å². The summed E-state index contributed by atoms with van der Waals surface area (Å²) in [5.41, 5.74) is 8.34. The van der Waals surface area contributed by atoms with E-state index in [1.807, 2.05) is 0 Å². The summed E-state index contributed by atoms with van der Waals surface area (Å²) in [7, 11) is 1.32. The fourth-order valence-electron chi connectivity index (χ4n) is 1.75. The summed E-state index contributed by atoms with van der Waals surface area (Å²) in [6.45, 7) is 0.481. The van der Waals surface area contributed by atoms with Gasteiger partial charge in [-0.25, -0.2) is 9.18 Å². The molecule has 104 valence electrons. The molecule has 5 heteroatoms. The number of carbonyl (C=O) groups excluding carboxylic acids is 1. The zero-order valence-electron chi connectivity index (χ0n) is 11.0. The number of methoxy groups -OCH3 is 1. The van der Waals surface area contributed by atoms with Crippen molar-refractivity contribution in [1.82, 2.24) is 0 Å². The maximum atomic E-state index is 12.8. The van der Waals surface area contributed by atoms with E-state index in [2.05, 4.69) is 10.1 Å². The molecule has 0 spiro atoms. The standard InChI is InChI=1S/C15H15FN2O2/c1-20-15(19)11-4-7-13(17)14(8-11)18-9-10-2-5-12(16)6-3-10/h2-8,18H,9,17H2,1H3. The van der Waals surface area contributed by atoms with Crippen molar-refractivity contribution in [2.75, 3.05) is 18.2 Å². The number of ether oxygens (including phenoxy) is 1. The summed E-state index contributed by atoms with van der Waals surface area (Å²) < 4.78 is 17.5. The summed E-state index contributed by atoms with van der Waals surface area (Å²) in [5.74, 6) is -0.698. The molecule has 2 aromatic rings. The average molecular weight is 274 g/mol. The first-order valence-corrected chi connectivity index (χ1v) is 6.06. The van der Waals surface area contributed by atoms with E-state index in [1.54, 1.807) is 30.3 Å². The average Bonchev–Trinajstić information content (AvgIpc) is 2.47. The highest BCUT2D eigenvalue weighted by Crippen LogP contribution is 2.21. The Balaban J connectivity index is 2.12. The number of benzene rings is 2. The number of nitrogen functional groups attached to an aromatic ring is 1. The predicted molar refractivity (Wildman–Crippen MR) is 75.9 cm³/mol. The van der Waals surface area contributed by atoms with Crippen LogP contribution in [0.2, 0.25) is 0 Å². The van der Waals surface area contributed by atoms with Crippen molar-refractivity contribution in [1.29, 1.82) is 0 Å². The van der Waals surface area contributed by atoms with Gasteiger partial charge in [0.05, 0.1) is 24.0 Å². The molecule has 0 saturated heterocycles. The van der Waals surface area contributed by atoms with E-state index >= 15 is 0 Å². The number of nitrogens with one attached hydrogen (secondary N) is 1. The molecule has 0 fully saturated rings. The van der Waals surface area contributed by atoms with Gasteiger partial charge in [0, 0.05) is 6.54 Å². The van der Waals surface area contributed by atoms with E-state index in [-0.39, 0.29) is 5.82 Å². The number of hydrogen-bond acceptors (Lipinski definition) is 4. The molecule has 0 atom stereocenters. The largest absolute Gasteiger partial charge is 0.465 e. The third-order valence-corrected chi connectivity index (χ3v) is 2.87. The molecule has 0 saturated carbocycles. The Morgan fingerprint density at radius 2 is 1.95 bits per heavy atom. The first kappa shape index (κ1) is 13.9. The van der Waals surface area contributed by atoms with Gasteiger partial charge in [-0.05, 0) is 35.9 Å². The number of nitrogens with two attached hydrogens (primary N) is 1. The van der Waals surface area contributed by atoms with Crippen LogP contribution in [-0.4, -0.2) is 13.1 Å². The third kappa shape index (κ3) is 3.26. The molecule has 0 aliphatic heterocycles. The highest BCUT2D eigenvalue weighted by molar-refractivity contribution is 5.91. The number of carbonyl (C=O) groups is 1. The molecule has 0 aliphatic rings. The Morgan fingerprint density at radius 1 is 1.25 bits per heavy atom. The van der Waals surface area contributed by atoms with E-state index in [0.29, 0.717) is 23.5 Å². The SMILES string of the molecule is COC(=O)c1ccc(N)c(NCc2ccc(F)cc2)c1. The van der Waals surface area contributed by atoms with E-state index in [9.17, 15) is 9.18 Å². The summed E-state index contributed by atoms with van der Waals surface area (Å²) in [6, 6.07) is 11.0. The molecule has 20 heavy (non-hydrogen) atoms. The first-order chi connectivity index (χ1) is 9.60. The highest BCUT2D eigenvalue weighted by Gasteiger charge is 2.08. The number of anilines is 2. The second-order valence-corrected chi connectivity index (χ2v) is 4.27. The van der Waals surface area contributed by atoms with Crippen LogP contribution in [0.4, 0.5) is 15.8 Å². The predicted octanol–water partition coefficient (Wildman–Crippen LogP) is 2.81. The maximum absolute atomic E-state index is 12.8. The van der Waals surface area contributed by atoms with Gasteiger partial charge in [0.2, 0.25) is 0 Å². The number of esters is 1. The van der Waals surface area contributed by atoms with Crippen molar-refractivity contribution in [3.8, 4) is 0 Å². The second-order valence-electron chi connectivity index (χ2n) is 4.27. The number of hydrogen-bond donors (Lipinski definition) is 2. The molecule has 2 rings (SSSR count). The molecule has 0 aliphatic carbocycles. The lowest BCUT2D eigenvalue weighted by atomic mass is 10.1. The molecular formula is C15H15FN2O2. The van der Waals surface area contributed by atoms with Gasteiger partial charge in [0.1, 0.15) is 5.82 Å². The van der Waals surface area contributed by atoms with Crippen molar-refractivity contribution in [2.24, 2.45) is 0 Å². The normalized spacial score (nSPS) is 10.1. The van der Waals surface area contributed by atoms with Gasteiger partial charge in [-0.1, -0.05) is 12.1 Å². The van der Waals surface area contributed by atoms with E-state index in [4.69, 9.17) is 5.73 Å². The van der Waals surface area contributed by atoms with E-state index in [0.717, 1.165) is 5.56 Å². The molecule has 0 aromatic heterocycles. The minimum atomic E-state index is -0.421.